The molecule has 4 heteroatoms. The number of fused-ring (bicyclic) bond motifs is 4. The van der Waals surface area contributed by atoms with Crippen LogP contribution < -0.4 is 10.2 Å². The molecule has 1 N–H and O–H groups in total. The van der Waals surface area contributed by atoms with Gasteiger partial charge in [-0.15, -0.1) is 0 Å². The van der Waals surface area contributed by atoms with Gasteiger partial charge in [0.2, 0.25) is 0 Å². The Balaban J connectivity index is 1.58. The van der Waals surface area contributed by atoms with Gasteiger partial charge in [0.15, 0.2) is 0 Å². The molecule has 4 aliphatic rings. The first kappa shape index (κ1) is 11.5. The van der Waals surface area contributed by atoms with Gasteiger partial charge in [0.05, 0.1) is 12.3 Å². The number of anilines is 1. The molecule has 1 aromatic heterocycles. The number of pyridine rings is 1. The van der Waals surface area contributed by atoms with Crippen molar-refractivity contribution < 1.29 is 4.74 Å². The van der Waals surface area contributed by atoms with Gasteiger partial charge in [-0.25, -0.2) is 4.98 Å². The molecule has 5 rings (SSSR count). The van der Waals surface area contributed by atoms with Crippen LogP contribution in [0.15, 0.2) is 6.07 Å². The maximum absolute atomic E-state index is 6.00. The number of piperazine rings is 1. The van der Waals surface area contributed by atoms with Gasteiger partial charge in [-0.1, -0.05) is 0 Å². The van der Waals surface area contributed by atoms with Crippen molar-refractivity contribution in [2.75, 3.05) is 18.0 Å². The standard InChI is InChI=1S/C16H21N3O/c1-9-6-17-7-13-5-11-4-12-8-20-15(10-2-3-10)14(12)18-16(11)19(9)13/h4,9-10,13,15,17H,2-3,5-8H2,1H3/t9-,13-,15-/m1/s1. The third-order valence-electron chi connectivity index (χ3n) is 5.32. The zero-order chi connectivity index (χ0) is 13.3. The van der Waals surface area contributed by atoms with Gasteiger partial charge in [-0.05, 0) is 43.7 Å². The van der Waals surface area contributed by atoms with Crippen LogP contribution in [-0.2, 0) is 17.8 Å². The van der Waals surface area contributed by atoms with E-state index in [1.54, 1.807) is 0 Å². The molecule has 0 amide bonds. The Hall–Kier alpha value is -1.13. The van der Waals surface area contributed by atoms with E-state index in [9.17, 15) is 0 Å². The SMILES string of the molecule is C[C@@H]1CNC[C@H]2Cc3cc4c(nc3N21)[C@@H](C1CC1)OC4. The molecule has 1 aliphatic carbocycles. The highest BCUT2D eigenvalue weighted by molar-refractivity contribution is 5.58. The van der Waals surface area contributed by atoms with Crippen molar-refractivity contribution in [3.05, 3.63) is 22.9 Å². The average Bonchev–Trinajstić information content (AvgIpc) is 3.09. The van der Waals surface area contributed by atoms with Gasteiger partial charge >= 0.3 is 0 Å². The van der Waals surface area contributed by atoms with E-state index >= 15 is 0 Å². The first-order valence-electron chi connectivity index (χ1n) is 7.94. The smallest absolute Gasteiger partial charge is 0.132 e. The summed E-state index contributed by atoms with van der Waals surface area (Å²) < 4.78 is 6.00. The van der Waals surface area contributed by atoms with Crippen LogP contribution in [0.4, 0.5) is 5.82 Å². The van der Waals surface area contributed by atoms with Gasteiger partial charge in [-0.3, -0.25) is 0 Å². The van der Waals surface area contributed by atoms with Crippen molar-refractivity contribution in [2.45, 2.75) is 51.0 Å². The maximum Gasteiger partial charge on any atom is 0.132 e. The van der Waals surface area contributed by atoms with E-state index in [1.165, 1.54) is 35.5 Å². The summed E-state index contributed by atoms with van der Waals surface area (Å²) in [5, 5.41) is 3.54. The molecule has 20 heavy (non-hydrogen) atoms. The van der Waals surface area contributed by atoms with Crippen molar-refractivity contribution in [1.82, 2.24) is 10.3 Å². The predicted octanol–water partition coefficient (Wildman–Crippen LogP) is 1.79. The van der Waals surface area contributed by atoms with Crippen LogP contribution >= 0.6 is 0 Å². The second-order valence-corrected chi connectivity index (χ2v) is 6.86. The first-order chi connectivity index (χ1) is 9.81. The minimum atomic E-state index is 0.285. The van der Waals surface area contributed by atoms with Gasteiger partial charge < -0.3 is 15.0 Å². The fourth-order valence-corrected chi connectivity index (χ4v) is 4.18. The molecule has 106 valence electrons. The monoisotopic (exact) mass is 271 g/mol. The number of aromatic nitrogens is 1. The second-order valence-electron chi connectivity index (χ2n) is 6.86. The van der Waals surface area contributed by atoms with E-state index in [1.807, 2.05) is 0 Å². The predicted molar refractivity (Wildman–Crippen MR) is 76.8 cm³/mol. The van der Waals surface area contributed by atoms with Gasteiger partial charge in [0.1, 0.15) is 11.9 Å². The van der Waals surface area contributed by atoms with E-state index < -0.39 is 0 Å². The molecule has 0 unspecified atom stereocenters. The molecule has 0 bridgehead atoms. The lowest BCUT2D eigenvalue weighted by Gasteiger charge is -2.37. The third kappa shape index (κ3) is 1.52. The van der Waals surface area contributed by atoms with Gasteiger partial charge in [0.25, 0.3) is 0 Å². The molecule has 1 saturated heterocycles. The molecule has 4 heterocycles. The normalized spacial score (nSPS) is 34.9. The van der Waals surface area contributed by atoms with Gasteiger partial charge in [-0.2, -0.15) is 0 Å². The first-order valence-corrected chi connectivity index (χ1v) is 7.94. The Kier molecular flexibility index (Phi) is 2.28. The van der Waals surface area contributed by atoms with Crippen molar-refractivity contribution in [3.63, 3.8) is 0 Å². The number of rotatable bonds is 1. The zero-order valence-corrected chi connectivity index (χ0v) is 11.9. The topological polar surface area (TPSA) is 37.4 Å². The van der Waals surface area contributed by atoms with Crippen LogP contribution in [0.5, 0.6) is 0 Å². The second kappa shape index (κ2) is 3.95. The highest BCUT2D eigenvalue weighted by atomic mass is 16.5. The number of hydrogen-bond donors (Lipinski definition) is 1. The van der Waals surface area contributed by atoms with Gasteiger partial charge in [0, 0.05) is 30.7 Å². The number of nitrogens with zero attached hydrogens (tertiary/aromatic N) is 2. The Morgan fingerprint density at radius 2 is 2.20 bits per heavy atom. The maximum atomic E-state index is 6.00. The molecule has 3 aliphatic heterocycles. The summed E-state index contributed by atoms with van der Waals surface area (Å²) in [6.07, 6.45) is 4.05. The average molecular weight is 271 g/mol. The Bertz CT molecular complexity index is 569. The van der Waals surface area contributed by atoms with E-state index in [0.29, 0.717) is 12.1 Å². The summed E-state index contributed by atoms with van der Waals surface area (Å²) in [5.41, 5.74) is 4.03. The number of ether oxygens (including phenoxy) is 1. The Labute approximate surface area is 119 Å². The Morgan fingerprint density at radius 1 is 1.30 bits per heavy atom. The van der Waals surface area contributed by atoms with Crippen LogP contribution in [0.2, 0.25) is 0 Å². The Morgan fingerprint density at radius 3 is 3.05 bits per heavy atom. The van der Waals surface area contributed by atoms with E-state index in [0.717, 1.165) is 32.0 Å². The lowest BCUT2D eigenvalue weighted by molar-refractivity contribution is 0.0488. The molecule has 1 saturated carbocycles. The summed E-state index contributed by atoms with van der Waals surface area (Å²) in [6.45, 7) is 5.23. The molecule has 1 aromatic rings. The quantitative estimate of drug-likeness (QED) is 0.845. The van der Waals surface area contributed by atoms with Crippen molar-refractivity contribution in [3.8, 4) is 0 Å². The van der Waals surface area contributed by atoms with Crippen LogP contribution in [0.3, 0.4) is 0 Å². The number of hydrogen-bond acceptors (Lipinski definition) is 4. The van der Waals surface area contributed by atoms with Crippen LogP contribution in [0.25, 0.3) is 0 Å². The van der Waals surface area contributed by atoms with Crippen molar-refractivity contribution in [1.29, 1.82) is 0 Å². The molecular formula is C16H21N3O. The lowest BCUT2D eigenvalue weighted by atomic mass is 10.0. The van der Waals surface area contributed by atoms with E-state index in [2.05, 4.69) is 23.2 Å². The molecule has 3 atom stereocenters. The summed E-state index contributed by atoms with van der Waals surface area (Å²) in [7, 11) is 0. The lowest BCUT2D eigenvalue weighted by Crippen LogP contribution is -2.55. The fraction of sp³-hybridized carbons (Fsp3) is 0.688. The molecule has 0 aromatic carbocycles. The molecule has 0 radical (unpaired) electrons. The van der Waals surface area contributed by atoms with Crippen LogP contribution in [0, 0.1) is 5.92 Å². The summed E-state index contributed by atoms with van der Waals surface area (Å²) >= 11 is 0. The minimum Gasteiger partial charge on any atom is -0.367 e. The summed E-state index contributed by atoms with van der Waals surface area (Å²) in [4.78, 5) is 7.63. The van der Waals surface area contributed by atoms with Crippen LogP contribution in [0.1, 0.15) is 42.7 Å². The fourth-order valence-electron chi connectivity index (χ4n) is 4.18. The summed E-state index contributed by atoms with van der Waals surface area (Å²) in [5.74, 6) is 1.98. The highest BCUT2D eigenvalue weighted by Gasteiger charge is 2.42. The highest BCUT2D eigenvalue weighted by Crippen LogP contribution is 2.48. The van der Waals surface area contributed by atoms with E-state index in [4.69, 9.17) is 9.72 Å². The molecule has 0 spiro atoms. The molecule has 4 nitrogen and oxygen atoms in total. The molecule has 2 fully saturated rings. The largest absolute Gasteiger partial charge is 0.367 e. The summed E-state index contributed by atoms with van der Waals surface area (Å²) in [6, 6.07) is 3.52. The van der Waals surface area contributed by atoms with E-state index in [-0.39, 0.29) is 6.10 Å². The molecular weight excluding hydrogens is 250 g/mol. The zero-order valence-electron chi connectivity index (χ0n) is 11.9. The minimum absolute atomic E-state index is 0.285. The third-order valence-corrected chi connectivity index (χ3v) is 5.32. The van der Waals surface area contributed by atoms with Crippen molar-refractivity contribution in [2.24, 2.45) is 5.92 Å². The number of nitrogens with one attached hydrogen (secondary N) is 1. The van der Waals surface area contributed by atoms with Crippen molar-refractivity contribution >= 4 is 5.82 Å². The van der Waals surface area contributed by atoms with Crippen LogP contribution in [-0.4, -0.2) is 30.2 Å².